The van der Waals surface area contributed by atoms with Gasteiger partial charge < -0.3 is 4.79 Å². The number of ketones is 1. The van der Waals surface area contributed by atoms with Gasteiger partial charge in [-0.05, 0) is 44.9 Å². The van der Waals surface area contributed by atoms with Crippen LogP contribution in [0.2, 0.25) is 0 Å². The topological polar surface area (TPSA) is 34.1 Å². The fourth-order valence-electron chi connectivity index (χ4n) is 2.56. The van der Waals surface area contributed by atoms with E-state index in [1.807, 2.05) is 0 Å². The molecular weight excluding hydrogens is 200 g/mol. The quantitative estimate of drug-likeness (QED) is 0.407. The molecule has 0 heterocycles. The maximum atomic E-state index is 11.5. The van der Waals surface area contributed by atoms with Crippen LogP contribution < -0.4 is 0 Å². The molecule has 2 heteroatoms. The second-order valence-corrected chi connectivity index (χ2v) is 5.17. The summed E-state index contributed by atoms with van der Waals surface area (Å²) in [4.78, 5) is 22.3. The van der Waals surface area contributed by atoms with Crippen LogP contribution in [0.15, 0.2) is 11.6 Å². The fourth-order valence-corrected chi connectivity index (χ4v) is 2.56. The predicted molar refractivity (Wildman–Crippen MR) is 65.1 cm³/mol. The first-order valence-electron chi connectivity index (χ1n) is 6.17. The van der Waals surface area contributed by atoms with Gasteiger partial charge in [-0.3, -0.25) is 4.79 Å². The van der Waals surface area contributed by atoms with E-state index in [1.54, 1.807) is 0 Å². The Morgan fingerprint density at radius 3 is 2.75 bits per heavy atom. The number of aldehydes is 1. The smallest absolute Gasteiger partial charge is 0.143 e. The SMILES string of the molecule is CC(C)=CCC[C@@H](C)[C@H]1CCC(=O)[C@@H]1C=O. The van der Waals surface area contributed by atoms with E-state index in [2.05, 4.69) is 26.8 Å². The van der Waals surface area contributed by atoms with Crippen LogP contribution in [0.5, 0.6) is 0 Å². The van der Waals surface area contributed by atoms with Crippen LogP contribution in [0.25, 0.3) is 0 Å². The van der Waals surface area contributed by atoms with Crippen molar-refractivity contribution >= 4 is 12.1 Å². The second kappa shape index (κ2) is 5.97. The lowest BCUT2D eigenvalue weighted by atomic mass is 9.83. The number of rotatable bonds is 5. The summed E-state index contributed by atoms with van der Waals surface area (Å²) in [5.41, 5.74) is 1.33. The summed E-state index contributed by atoms with van der Waals surface area (Å²) in [6.45, 7) is 6.36. The Kier molecular flexibility index (Phi) is 4.91. The van der Waals surface area contributed by atoms with Gasteiger partial charge in [-0.25, -0.2) is 0 Å². The van der Waals surface area contributed by atoms with Gasteiger partial charge in [0.25, 0.3) is 0 Å². The van der Waals surface area contributed by atoms with Gasteiger partial charge >= 0.3 is 0 Å². The van der Waals surface area contributed by atoms with Crippen molar-refractivity contribution in [1.29, 1.82) is 0 Å². The minimum absolute atomic E-state index is 0.147. The fraction of sp³-hybridized carbons (Fsp3) is 0.714. The van der Waals surface area contributed by atoms with E-state index in [1.165, 1.54) is 5.57 Å². The molecule has 0 aromatic heterocycles. The molecule has 3 atom stereocenters. The third-order valence-electron chi connectivity index (χ3n) is 3.61. The highest BCUT2D eigenvalue weighted by molar-refractivity contribution is 5.95. The van der Waals surface area contributed by atoms with E-state index in [9.17, 15) is 9.59 Å². The zero-order chi connectivity index (χ0) is 12.1. The molecule has 0 unspecified atom stereocenters. The molecule has 1 aliphatic carbocycles. The Bertz CT molecular complexity index is 287. The van der Waals surface area contributed by atoms with Crippen LogP contribution in [0.3, 0.4) is 0 Å². The Labute approximate surface area is 98.1 Å². The molecule has 2 nitrogen and oxygen atoms in total. The minimum Gasteiger partial charge on any atom is -0.303 e. The lowest BCUT2D eigenvalue weighted by Crippen LogP contribution is -2.21. The Morgan fingerprint density at radius 2 is 2.19 bits per heavy atom. The monoisotopic (exact) mass is 222 g/mol. The average Bonchev–Trinajstić information content (AvgIpc) is 2.58. The van der Waals surface area contributed by atoms with Crippen LogP contribution in [0.1, 0.15) is 46.5 Å². The van der Waals surface area contributed by atoms with Gasteiger partial charge in [0, 0.05) is 6.42 Å². The van der Waals surface area contributed by atoms with Crippen molar-refractivity contribution in [3.05, 3.63) is 11.6 Å². The van der Waals surface area contributed by atoms with E-state index in [0.717, 1.165) is 25.5 Å². The van der Waals surface area contributed by atoms with Crippen molar-refractivity contribution in [2.75, 3.05) is 0 Å². The third-order valence-corrected chi connectivity index (χ3v) is 3.61. The van der Waals surface area contributed by atoms with Gasteiger partial charge in [-0.2, -0.15) is 0 Å². The van der Waals surface area contributed by atoms with Crippen molar-refractivity contribution in [2.24, 2.45) is 17.8 Å². The van der Waals surface area contributed by atoms with Gasteiger partial charge in [0.1, 0.15) is 12.1 Å². The number of allylic oxidation sites excluding steroid dienone is 2. The predicted octanol–water partition coefficient (Wildman–Crippen LogP) is 3.16. The minimum atomic E-state index is -0.318. The largest absolute Gasteiger partial charge is 0.303 e. The first-order chi connectivity index (χ1) is 7.56. The summed E-state index contributed by atoms with van der Waals surface area (Å²) in [5, 5.41) is 0. The molecule has 1 rings (SSSR count). The van der Waals surface area contributed by atoms with Crippen LogP contribution in [0, 0.1) is 17.8 Å². The van der Waals surface area contributed by atoms with Crippen molar-refractivity contribution in [1.82, 2.24) is 0 Å². The van der Waals surface area contributed by atoms with Gasteiger partial charge in [-0.1, -0.05) is 18.6 Å². The standard InChI is InChI=1S/C14H22O2/c1-10(2)5-4-6-11(3)12-7-8-14(16)13(12)9-15/h5,9,11-13H,4,6-8H2,1-3H3/t11-,12-,13-/m1/s1. The molecule has 0 aliphatic heterocycles. The molecule has 1 fully saturated rings. The summed E-state index contributed by atoms with van der Waals surface area (Å²) in [6.07, 6.45) is 6.72. The Morgan fingerprint density at radius 1 is 1.50 bits per heavy atom. The first-order valence-corrected chi connectivity index (χ1v) is 6.17. The van der Waals surface area contributed by atoms with Crippen LogP contribution >= 0.6 is 0 Å². The van der Waals surface area contributed by atoms with Gasteiger partial charge in [0.05, 0.1) is 5.92 Å². The van der Waals surface area contributed by atoms with Crippen molar-refractivity contribution < 1.29 is 9.59 Å². The highest BCUT2D eigenvalue weighted by Gasteiger charge is 2.36. The van der Waals surface area contributed by atoms with E-state index >= 15 is 0 Å². The summed E-state index contributed by atoms with van der Waals surface area (Å²) >= 11 is 0. The first kappa shape index (κ1) is 13.1. The van der Waals surface area contributed by atoms with Gasteiger partial charge in [-0.15, -0.1) is 0 Å². The molecule has 0 aromatic carbocycles. The highest BCUT2D eigenvalue weighted by Crippen LogP contribution is 2.35. The van der Waals surface area contributed by atoms with Crippen LogP contribution in [-0.4, -0.2) is 12.1 Å². The molecule has 16 heavy (non-hydrogen) atoms. The normalized spacial score (nSPS) is 26.6. The summed E-state index contributed by atoms with van der Waals surface area (Å²) in [6, 6.07) is 0. The molecule has 0 aromatic rings. The van der Waals surface area contributed by atoms with E-state index in [0.29, 0.717) is 12.3 Å². The van der Waals surface area contributed by atoms with E-state index in [4.69, 9.17) is 0 Å². The van der Waals surface area contributed by atoms with Crippen LogP contribution in [-0.2, 0) is 9.59 Å². The molecule has 1 saturated carbocycles. The zero-order valence-corrected chi connectivity index (χ0v) is 10.5. The lowest BCUT2D eigenvalue weighted by Gasteiger charge is -2.21. The van der Waals surface area contributed by atoms with Gasteiger partial charge in [0.15, 0.2) is 0 Å². The average molecular weight is 222 g/mol. The molecular formula is C14H22O2. The molecule has 90 valence electrons. The molecule has 0 N–H and O–H groups in total. The van der Waals surface area contributed by atoms with Crippen molar-refractivity contribution in [2.45, 2.75) is 46.5 Å². The number of Topliss-reactive ketones (excluding diaryl/α,β-unsaturated/α-hetero) is 1. The van der Waals surface area contributed by atoms with Gasteiger partial charge in [0.2, 0.25) is 0 Å². The van der Waals surface area contributed by atoms with E-state index < -0.39 is 0 Å². The maximum absolute atomic E-state index is 11.5. The number of carbonyl (C=O) groups excluding carboxylic acids is 2. The number of hydrogen-bond acceptors (Lipinski definition) is 2. The highest BCUT2D eigenvalue weighted by atomic mass is 16.1. The number of hydrogen-bond donors (Lipinski definition) is 0. The summed E-state index contributed by atoms with van der Waals surface area (Å²) in [7, 11) is 0. The molecule has 0 radical (unpaired) electrons. The van der Waals surface area contributed by atoms with Crippen molar-refractivity contribution in [3.63, 3.8) is 0 Å². The summed E-state index contributed by atoms with van der Waals surface area (Å²) < 4.78 is 0. The number of carbonyl (C=O) groups is 2. The zero-order valence-electron chi connectivity index (χ0n) is 10.5. The molecule has 0 spiro atoms. The second-order valence-electron chi connectivity index (χ2n) is 5.17. The Hall–Kier alpha value is -0.920. The molecule has 0 amide bonds. The molecule has 1 aliphatic rings. The van der Waals surface area contributed by atoms with Crippen LogP contribution in [0.4, 0.5) is 0 Å². The Balaban J connectivity index is 2.47. The van der Waals surface area contributed by atoms with E-state index in [-0.39, 0.29) is 17.6 Å². The third kappa shape index (κ3) is 3.29. The molecule has 0 bridgehead atoms. The summed E-state index contributed by atoms with van der Waals surface area (Å²) in [5.74, 6) is 0.587. The maximum Gasteiger partial charge on any atom is 0.143 e. The molecule has 0 saturated heterocycles. The van der Waals surface area contributed by atoms with Crippen molar-refractivity contribution in [3.8, 4) is 0 Å². The lowest BCUT2D eigenvalue weighted by molar-refractivity contribution is -0.126.